The molecule has 0 radical (unpaired) electrons. The van der Waals surface area contributed by atoms with Gasteiger partial charge in [0.05, 0.1) is 19.1 Å². The van der Waals surface area contributed by atoms with E-state index in [4.69, 9.17) is 14.7 Å². The summed E-state index contributed by atoms with van der Waals surface area (Å²) in [5, 5.41) is 10.5. The van der Waals surface area contributed by atoms with E-state index in [1.807, 2.05) is 5.40 Å². The zero-order valence-corrected chi connectivity index (χ0v) is 8.22. The average Bonchev–Trinajstić information content (AvgIpc) is 2.18. The predicted octanol–water partition coefficient (Wildman–Crippen LogP) is 2.28. The van der Waals surface area contributed by atoms with E-state index in [0.717, 1.165) is 22.4 Å². The van der Waals surface area contributed by atoms with Crippen LogP contribution in [0, 0.1) is 10.7 Å². The van der Waals surface area contributed by atoms with Crippen molar-refractivity contribution in [2.45, 2.75) is 4.90 Å². The van der Waals surface area contributed by atoms with Crippen LogP contribution in [0.4, 0.5) is 0 Å². The molecule has 0 spiro atoms. The van der Waals surface area contributed by atoms with Gasteiger partial charge >= 0.3 is 0 Å². The molecular weight excluding hydrogens is 186 g/mol. The Kier molecular flexibility index (Phi) is 3.47. The number of thiocyanates is 1. The lowest BCUT2D eigenvalue weighted by Gasteiger charge is -2.06. The molecule has 4 heteroatoms. The van der Waals surface area contributed by atoms with E-state index >= 15 is 0 Å². The van der Waals surface area contributed by atoms with Crippen LogP contribution in [0.25, 0.3) is 0 Å². The van der Waals surface area contributed by atoms with Crippen LogP contribution in [0.5, 0.6) is 11.5 Å². The van der Waals surface area contributed by atoms with Crippen molar-refractivity contribution < 1.29 is 9.47 Å². The van der Waals surface area contributed by atoms with E-state index < -0.39 is 0 Å². The van der Waals surface area contributed by atoms with Gasteiger partial charge in [0.1, 0.15) is 16.9 Å². The van der Waals surface area contributed by atoms with Gasteiger partial charge in [-0.1, -0.05) is 0 Å². The summed E-state index contributed by atoms with van der Waals surface area (Å²) in [6, 6.07) is 5.34. The first-order chi connectivity index (χ1) is 6.31. The first kappa shape index (κ1) is 9.75. The van der Waals surface area contributed by atoms with Crippen LogP contribution in [0.3, 0.4) is 0 Å². The molecule has 0 bridgehead atoms. The number of benzene rings is 1. The van der Waals surface area contributed by atoms with Crippen LogP contribution in [-0.2, 0) is 0 Å². The fourth-order valence-corrected chi connectivity index (χ4v) is 1.44. The second-order valence-corrected chi connectivity index (χ2v) is 3.04. The van der Waals surface area contributed by atoms with Gasteiger partial charge in [-0.25, -0.2) is 0 Å². The number of thioether (sulfide) groups is 1. The van der Waals surface area contributed by atoms with E-state index in [2.05, 4.69) is 0 Å². The third kappa shape index (κ3) is 2.30. The Morgan fingerprint density at radius 3 is 2.62 bits per heavy atom. The highest BCUT2D eigenvalue weighted by atomic mass is 32.2. The van der Waals surface area contributed by atoms with Crippen molar-refractivity contribution in [3.05, 3.63) is 18.2 Å². The Balaban J connectivity index is 3.04. The van der Waals surface area contributed by atoms with Crippen molar-refractivity contribution in [1.29, 1.82) is 5.26 Å². The lowest BCUT2D eigenvalue weighted by atomic mass is 10.3. The Morgan fingerprint density at radius 1 is 1.31 bits per heavy atom. The van der Waals surface area contributed by atoms with Crippen molar-refractivity contribution in [2.24, 2.45) is 0 Å². The number of ether oxygens (including phenoxy) is 2. The third-order valence-electron chi connectivity index (χ3n) is 1.53. The molecule has 3 nitrogen and oxygen atoms in total. The molecule has 0 saturated carbocycles. The highest BCUT2D eigenvalue weighted by Gasteiger charge is 2.04. The summed E-state index contributed by atoms with van der Waals surface area (Å²) < 4.78 is 10.1. The topological polar surface area (TPSA) is 42.2 Å². The molecule has 1 rings (SSSR count). The molecule has 13 heavy (non-hydrogen) atoms. The van der Waals surface area contributed by atoms with E-state index in [1.54, 1.807) is 32.4 Å². The summed E-state index contributed by atoms with van der Waals surface area (Å²) in [5.41, 5.74) is 0. The Morgan fingerprint density at radius 2 is 2.08 bits per heavy atom. The molecule has 0 fully saturated rings. The van der Waals surface area contributed by atoms with Crippen LogP contribution < -0.4 is 9.47 Å². The molecule has 0 heterocycles. The molecule has 0 aromatic heterocycles. The molecule has 0 amide bonds. The maximum absolute atomic E-state index is 8.52. The van der Waals surface area contributed by atoms with Crippen LogP contribution in [0.2, 0.25) is 0 Å². The first-order valence-electron chi connectivity index (χ1n) is 3.59. The molecule has 0 unspecified atom stereocenters. The number of hydrogen-bond acceptors (Lipinski definition) is 4. The van der Waals surface area contributed by atoms with Gasteiger partial charge in [-0.15, -0.1) is 0 Å². The molecule has 0 aliphatic carbocycles. The van der Waals surface area contributed by atoms with Gasteiger partial charge < -0.3 is 9.47 Å². The lowest BCUT2D eigenvalue weighted by Crippen LogP contribution is -1.87. The Hall–Kier alpha value is -1.34. The lowest BCUT2D eigenvalue weighted by molar-refractivity contribution is 0.394. The second-order valence-electron chi connectivity index (χ2n) is 2.21. The average molecular weight is 195 g/mol. The minimum atomic E-state index is 0.687. The summed E-state index contributed by atoms with van der Waals surface area (Å²) in [6.07, 6.45) is 0. The molecular formula is C9H9NO2S. The van der Waals surface area contributed by atoms with Crippen LogP contribution in [0.1, 0.15) is 0 Å². The van der Waals surface area contributed by atoms with Gasteiger partial charge in [0.25, 0.3) is 0 Å². The van der Waals surface area contributed by atoms with Crippen molar-refractivity contribution in [3.63, 3.8) is 0 Å². The molecule has 68 valence electrons. The molecule has 0 N–H and O–H groups in total. The maximum Gasteiger partial charge on any atom is 0.138 e. The fourth-order valence-electron chi connectivity index (χ4n) is 0.913. The van der Waals surface area contributed by atoms with Crippen molar-refractivity contribution in [1.82, 2.24) is 0 Å². The number of hydrogen-bond donors (Lipinski definition) is 0. The monoisotopic (exact) mass is 195 g/mol. The highest BCUT2D eigenvalue weighted by molar-refractivity contribution is 8.03. The van der Waals surface area contributed by atoms with Gasteiger partial charge in [0.15, 0.2) is 0 Å². The van der Waals surface area contributed by atoms with Gasteiger partial charge in [0.2, 0.25) is 0 Å². The number of nitriles is 1. The van der Waals surface area contributed by atoms with Crippen LogP contribution in [-0.4, -0.2) is 14.2 Å². The predicted molar refractivity (Wildman–Crippen MR) is 51.0 cm³/mol. The molecule has 1 aromatic carbocycles. The molecule has 0 aliphatic rings. The summed E-state index contributed by atoms with van der Waals surface area (Å²) in [5.74, 6) is 1.41. The standard InChI is InChI=1S/C9H9NO2S/c1-11-7-3-4-8(12-2)9(5-7)13-6-10/h3-5H,1-2H3. The molecule has 0 saturated heterocycles. The normalized spacial score (nSPS) is 9.00. The Bertz CT molecular complexity index is 333. The fraction of sp³-hybridized carbons (Fsp3) is 0.222. The van der Waals surface area contributed by atoms with Gasteiger partial charge in [-0.05, 0) is 30.0 Å². The third-order valence-corrected chi connectivity index (χ3v) is 2.16. The van der Waals surface area contributed by atoms with Crippen LogP contribution >= 0.6 is 11.8 Å². The van der Waals surface area contributed by atoms with E-state index in [1.165, 1.54) is 0 Å². The first-order valence-corrected chi connectivity index (χ1v) is 4.41. The van der Waals surface area contributed by atoms with Crippen molar-refractivity contribution in [3.8, 4) is 16.9 Å². The zero-order valence-electron chi connectivity index (χ0n) is 7.40. The van der Waals surface area contributed by atoms with E-state index in [-0.39, 0.29) is 0 Å². The van der Waals surface area contributed by atoms with E-state index in [0.29, 0.717) is 5.75 Å². The summed E-state index contributed by atoms with van der Waals surface area (Å²) in [7, 11) is 3.16. The summed E-state index contributed by atoms with van der Waals surface area (Å²) >= 11 is 1.06. The SMILES string of the molecule is COc1ccc(OC)c(SC#N)c1. The quantitative estimate of drug-likeness (QED) is 0.548. The molecule has 0 aliphatic heterocycles. The number of methoxy groups -OCH3 is 2. The minimum absolute atomic E-state index is 0.687. The summed E-state index contributed by atoms with van der Waals surface area (Å²) in [6.45, 7) is 0. The molecule has 0 atom stereocenters. The maximum atomic E-state index is 8.52. The van der Waals surface area contributed by atoms with Gasteiger partial charge in [-0.3, -0.25) is 0 Å². The number of rotatable bonds is 3. The van der Waals surface area contributed by atoms with Crippen LogP contribution in [0.15, 0.2) is 23.1 Å². The smallest absolute Gasteiger partial charge is 0.138 e. The minimum Gasteiger partial charge on any atom is -0.497 e. The summed E-state index contributed by atoms with van der Waals surface area (Å²) in [4.78, 5) is 0.768. The van der Waals surface area contributed by atoms with Crippen molar-refractivity contribution >= 4 is 11.8 Å². The van der Waals surface area contributed by atoms with Gasteiger partial charge in [0, 0.05) is 0 Å². The highest BCUT2D eigenvalue weighted by Crippen LogP contribution is 2.31. The van der Waals surface area contributed by atoms with E-state index in [9.17, 15) is 0 Å². The second kappa shape index (κ2) is 4.63. The van der Waals surface area contributed by atoms with Crippen molar-refractivity contribution in [2.75, 3.05) is 14.2 Å². The largest absolute Gasteiger partial charge is 0.497 e. The molecule has 1 aromatic rings. The zero-order chi connectivity index (χ0) is 9.68. The number of nitrogens with zero attached hydrogens (tertiary/aromatic N) is 1. The Labute approximate surface area is 81.3 Å². The van der Waals surface area contributed by atoms with Gasteiger partial charge in [-0.2, -0.15) is 5.26 Å².